The monoisotopic (exact) mass is 477 g/mol. The molecule has 0 unspecified atom stereocenters. The van der Waals surface area contributed by atoms with Gasteiger partial charge in [0.05, 0.1) is 36.0 Å². The van der Waals surface area contributed by atoms with E-state index < -0.39 is 18.1 Å². The van der Waals surface area contributed by atoms with Gasteiger partial charge in [0.1, 0.15) is 16.7 Å². The first-order valence-corrected chi connectivity index (χ1v) is 10.9. The van der Waals surface area contributed by atoms with Gasteiger partial charge in [-0.05, 0) is 13.3 Å². The van der Waals surface area contributed by atoms with Crippen LogP contribution in [0, 0.1) is 12.8 Å². The molecule has 1 fully saturated rings. The van der Waals surface area contributed by atoms with Crippen molar-refractivity contribution in [2.45, 2.75) is 32.5 Å². The van der Waals surface area contributed by atoms with E-state index in [4.69, 9.17) is 32.7 Å². The van der Waals surface area contributed by atoms with Crippen LogP contribution in [-0.2, 0) is 16.1 Å². The zero-order valence-corrected chi connectivity index (χ0v) is 19.1. The third-order valence-electron chi connectivity index (χ3n) is 5.06. The molecule has 2 aromatic rings. The zero-order valence-electron chi connectivity index (χ0n) is 16.8. The molecule has 0 spiro atoms. The topological polar surface area (TPSA) is 84.5 Å². The minimum absolute atomic E-state index is 0.0329. The molecule has 0 aliphatic carbocycles. The lowest BCUT2D eigenvalue weighted by Crippen LogP contribution is -2.42. The van der Waals surface area contributed by atoms with Gasteiger partial charge in [0.2, 0.25) is 0 Å². The fourth-order valence-electron chi connectivity index (χ4n) is 3.42. The number of hydrogen-bond donors (Lipinski definition) is 1. The molecule has 3 rings (SSSR count). The van der Waals surface area contributed by atoms with Crippen molar-refractivity contribution in [3.63, 3.8) is 0 Å². The van der Waals surface area contributed by atoms with Gasteiger partial charge in [-0.3, -0.25) is 4.79 Å². The molecule has 0 amide bonds. The molecule has 2 atom stereocenters. The highest BCUT2D eigenvalue weighted by Gasteiger charge is 2.34. The molecule has 2 aromatic heterocycles. The van der Waals surface area contributed by atoms with Crippen LogP contribution < -0.4 is 4.90 Å². The first kappa shape index (κ1) is 23.0. The Labute approximate surface area is 187 Å². The number of H-pyrrole nitrogens is 1. The summed E-state index contributed by atoms with van der Waals surface area (Å²) in [5, 5.41) is 1.02. The number of ketones is 1. The number of carbonyl (C=O) groups excluding carboxylic acids is 2. The van der Waals surface area contributed by atoms with E-state index >= 15 is 0 Å². The molecular weight excluding hydrogens is 456 g/mol. The van der Waals surface area contributed by atoms with Crippen LogP contribution >= 0.6 is 34.5 Å². The van der Waals surface area contributed by atoms with Crippen LogP contribution in [0.5, 0.6) is 0 Å². The summed E-state index contributed by atoms with van der Waals surface area (Å²) in [6.45, 7) is 2.47. The summed E-state index contributed by atoms with van der Waals surface area (Å²) in [5.41, 5.74) is 1.29. The smallest absolute Gasteiger partial charge is 0.350 e. The summed E-state index contributed by atoms with van der Waals surface area (Å²) >= 11 is 13.3. The number of anilines is 1. The van der Waals surface area contributed by atoms with Crippen LogP contribution in [0.15, 0.2) is 0 Å². The maximum Gasteiger partial charge on any atom is 0.350 e. The molecule has 7 nitrogen and oxygen atoms in total. The van der Waals surface area contributed by atoms with Crippen LogP contribution in [0.3, 0.4) is 0 Å². The summed E-state index contributed by atoms with van der Waals surface area (Å²) in [7, 11) is 2.80. The van der Waals surface area contributed by atoms with Crippen LogP contribution in [-0.4, -0.2) is 55.2 Å². The van der Waals surface area contributed by atoms with Crippen LogP contribution in [0.4, 0.5) is 9.52 Å². The molecule has 0 aromatic carbocycles. The number of aromatic amines is 1. The number of nitrogens with zero attached hydrogens (tertiary/aromatic N) is 2. The number of thiazole rings is 1. The first-order chi connectivity index (χ1) is 14.3. The second kappa shape index (κ2) is 9.64. The van der Waals surface area contributed by atoms with Gasteiger partial charge in [0, 0.05) is 31.7 Å². The highest BCUT2D eigenvalue weighted by Crippen LogP contribution is 2.35. The van der Waals surface area contributed by atoms with Gasteiger partial charge in [-0.25, -0.2) is 14.2 Å². The number of esters is 1. The lowest BCUT2D eigenvalue weighted by Gasteiger charge is -2.34. The number of alkyl halides is 1. The van der Waals surface area contributed by atoms with E-state index in [0.29, 0.717) is 39.4 Å². The van der Waals surface area contributed by atoms with Crippen molar-refractivity contribution in [2.24, 2.45) is 5.92 Å². The average Bonchev–Trinajstić information content (AvgIpc) is 3.26. The minimum Gasteiger partial charge on any atom is -0.465 e. The third kappa shape index (κ3) is 4.64. The number of carbonyl (C=O) groups is 2. The molecule has 164 valence electrons. The Morgan fingerprint density at radius 1 is 1.33 bits per heavy atom. The number of rotatable bonds is 7. The maximum atomic E-state index is 14.9. The van der Waals surface area contributed by atoms with E-state index in [0.717, 1.165) is 11.3 Å². The number of halogens is 3. The number of nitrogens with one attached hydrogen (secondary N) is 1. The van der Waals surface area contributed by atoms with E-state index in [1.165, 1.54) is 14.2 Å². The van der Waals surface area contributed by atoms with Gasteiger partial charge in [-0.15, -0.1) is 0 Å². The molecule has 3 heterocycles. The van der Waals surface area contributed by atoms with Gasteiger partial charge < -0.3 is 19.4 Å². The molecule has 0 saturated carbocycles. The number of aryl methyl sites for hydroxylation is 1. The zero-order chi connectivity index (χ0) is 22.0. The highest BCUT2D eigenvalue weighted by atomic mass is 35.5. The Kier molecular flexibility index (Phi) is 7.38. The lowest BCUT2D eigenvalue weighted by atomic mass is 9.89. The molecule has 1 saturated heterocycles. The van der Waals surface area contributed by atoms with E-state index in [1.807, 2.05) is 0 Å². The Morgan fingerprint density at radius 3 is 2.63 bits per heavy atom. The van der Waals surface area contributed by atoms with Gasteiger partial charge >= 0.3 is 5.97 Å². The Bertz CT molecular complexity index is 949. The summed E-state index contributed by atoms with van der Waals surface area (Å²) in [4.78, 5) is 34.0. The number of piperidine rings is 1. The molecule has 0 radical (unpaired) electrons. The van der Waals surface area contributed by atoms with E-state index in [9.17, 15) is 14.0 Å². The second-order valence-corrected chi connectivity index (χ2v) is 8.82. The number of methoxy groups -OCH3 is 2. The van der Waals surface area contributed by atoms with E-state index in [2.05, 4.69) is 9.97 Å². The molecule has 11 heteroatoms. The van der Waals surface area contributed by atoms with Crippen LogP contribution in [0.2, 0.25) is 10.0 Å². The molecule has 30 heavy (non-hydrogen) atoms. The van der Waals surface area contributed by atoms with E-state index in [-0.39, 0.29) is 36.1 Å². The Balaban J connectivity index is 1.68. The molecular formula is C19H22Cl2FN3O4S. The standard InChI is InChI=1S/C19H22Cl2FN3O4S/c1-9-14(20)15(21)16(23-9)13(26)6-10-4-5-25(7-11(10)22)19-24-12(8-28-2)17(30-19)18(27)29-3/h10-11,23H,4-8H2,1-3H3/t10-,11-/m0/s1. The highest BCUT2D eigenvalue weighted by molar-refractivity contribution is 7.17. The molecule has 0 bridgehead atoms. The van der Waals surface area contributed by atoms with Crippen molar-refractivity contribution in [3.05, 3.63) is 32.0 Å². The normalized spacial score (nSPS) is 19.2. The Hall–Kier alpha value is -1.68. The number of Topliss-reactive ketones (excluding diaryl/α,β-unsaturated/α-hetero) is 1. The van der Waals surface area contributed by atoms with Crippen LogP contribution in [0.1, 0.15) is 44.4 Å². The number of aromatic nitrogens is 2. The predicted molar refractivity (Wildman–Crippen MR) is 114 cm³/mol. The molecule has 1 aliphatic heterocycles. The van der Waals surface area contributed by atoms with Gasteiger partial charge in [0.25, 0.3) is 0 Å². The lowest BCUT2D eigenvalue weighted by molar-refractivity contribution is 0.0601. The SMILES string of the molecule is COCc1nc(N2CC[C@@H](CC(=O)c3[nH]c(C)c(Cl)c3Cl)[C@@H](F)C2)sc1C(=O)OC. The first-order valence-electron chi connectivity index (χ1n) is 9.29. The van der Waals surface area contributed by atoms with Crippen molar-refractivity contribution in [1.29, 1.82) is 0 Å². The Morgan fingerprint density at radius 2 is 2.07 bits per heavy atom. The van der Waals surface area contributed by atoms with E-state index in [1.54, 1.807) is 11.8 Å². The van der Waals surface area contributed by atoms with Crippen molar-refractivity contribution in [2.75, 3.05) is 32.2 Å². The summed E-state index contributed by atoms with van der Waals surface area (Å²) in [6, 6.07) is 0. The fourth-order valence-corrected chi connectivity index (χ4v) is 4.88. The second-order valence-electron chi connectivity index (χ2n) is 7.09. The van der Waals surface area contributed by atoms with Crippen molar-refractivity contribution < 1.29 is 23.5 Å². The average molecular weight is 478 g/mol. The third-order valence-corrected chi connectivity index (χ3v) is 7.15. The summed E-state index contributed by atoms with van der Waals surface area (Å²) in [5.74, 6) is -1.20. The quantitative estimate of drug-likeness (QED) is 0.468. The van der Waals surface area contributed by atoms with Gasteiger partial charge in [-0.1, -0.05) is 34.5 Å². The number of hydrogen-bond acceptors (Lipinski definition) is 7. The van der Waals surface area contributed by atoms with Gasteiger partial charge in [-0.2, -0.15) is 0 Å². The maximum absolute atomic E-state index is 14.9. The van der Waals surface area contributed by atoms with Gasteiger partial charge in [0.15, 0.2) is 10.9 Å². The fraction of sp³-hybridized carbons (Fsp3) is 0.526. The largest absolute Gasteiger partial charge is 0.465 e. The number of ether oxygens (including phenoxy) is 2. The predicted octanol–water partition coefficient (Wildman–Crippen LogP) is 4.46. The minimum atomic E-state index is -1.23. The molecule has 1 aliphatic rings. The summed E-state index contributed by atoms with van der Waals surface area (Å²) in [6.07, 6.45) is -0.736. The summed E-state index contributed by atoms with van der Waals surface area (Å²) < 4.78 is 24.8. The van der Waals surface area contributed by atoms with Crippen molar-refractivity contribution in [3.8, 4) is 0 Å². The van der Waals surface area contributed by atoms with Crippen LogP contribution in [0.25, 0.3) is 0 Å². The molecule has 1 N–H and O–H groups in total. The van der Waals surface area contributed by atoms with Crippen molar-refractivity contribution in [1.82, 2.24) is 9.97 Å². The van der Waals surface area contributed by atoms with Crippen molar-refractivity contribution >= 4 is 51.4 Å².